The first-order chi connectivity index (χ1) is 9.26. The van der Waals surface area contributed by atoms with Crippen LogP contribution in [0.5, 0.6) is 0 Å². The molecule has 19 heavy (non-hydrogen) atoms. The molecule has 3 N–H and O–H groups in total. The lowest BCUT2D eigenvalue weighted by molar-refractivity contribution is 0.466. The van der Waals surface area contributed by atoms with E-state index in [-0.39, 0.29) is 6.04 Å². The summed E-state index contributed by atoms with van der Waals surface area (Å²) in [5.41, 5.74) is 6.77. The van der Waals surface area contributed by atoms with Gasteiger partial charge >= 0.3 is 0 Å². The number of nitrogens with one attached hydrogen (secondary N) is 1. The van der Waals surface area contributed by atoms with E-state index in [2.05, 4.69) is 48.6 Å². The first-order valence-corrected chi connectivity index (χ1v) is 6.78. The second-order valence-electron chi connectivity index (χ2n) is 4.76. The molecule has 4 heteroatoms. The summed E-state index contributed by atoms with van der Waals surface area (Å²) in [5, 5.41) is 4.30. The number of rotatable bonds is 6. The zero-order valence-electron chi connectivity index (χ0n) is 11.6. The van der Waals surface area contributed by atoms with Gasteiger partial charge in [0.05, 0.1) is 11.7 Å². The molecule has 1 aromatic heterocycles. The SMILES string of the molecule is CCn1nccc1C(CCc1ccccc1C)NN. The summed E-state index contributed by atoms with van der Waals surface area (Å²) in [6, 6.07) is 10.7. The van der Waals surface area contributed by atoms with Crippen molar-refractivity contribution < 1.29 is 0 Å². The molecular weight excluding hydrogens is 236 g/mol. The first-order valence-electron chi connectivity index (χ1n) is 6.78. The molecule has 1 heterocycles. The molecule has 0 fully saturated rings. The van der Waals surface area contributed by atoms with E-state index in [9.17, 15) is 0 Å². The first kappa shape index (κ1) is 13.8. The highest BCUT2D eigenvalue weighted by Gasteiger charge is 2.14. The van der Waals surface area contributed by atoms with Crippen molar-refractivity contribution in [2.45, 2.75) is 39.3 Å². The van der Waals surface area contributed by atoms with Crippen molar-refractivity contribution in [1.29, 1.82) is 0 Å². The van der Waals surface area contributed by atoms with Gasteiger partial charge in [-0.15, -0.1) is 0 Å². The lowest BCUT2D eigenvalue weighted by Crippen LogP contribution is -2.30. The molecule has 2 rings (SSSR count). The van der Waals surface area contributed by atoms with Gasteiger partial charge in [-0.3, -0.25) is 16.0 Å². The zero-order valence-corrected chi connectivity index (χ0v) is 11.6. The Labute approximate surface area is 114 Å². The summed E-state index contributed by atoms with van der Waals surface area (Å²) in [7, 11) is 0. The number of aromatic nitrogens is 2. The van der Waals surface area contributed by atoms with E-state index < -0.39 is 0 Å². The largest absolute Gasteiger partial charge is 0.271 e. The van der Waals surface area contributed by atoms with Gasteiger partial charge in [0.25, 0.3) is 0 Å². The highest BCUT2D eigenvalue weighted by molar-refractivity contribution is 5.26. The molecule has 2 aromatic rings. The van der Waals surface area contributed by atoms with Crippen molar-refractivity contribution >= 4 is 0 Å². The smallest absolute Gasteiger partial charge is 0.0632 e. The van der Waals surface area contributed by atoms with Crippen LogP contribution in [-0.2, 0) is 13.0 Å². The molecule has 0 amide bonds. The zero-order chi connectivity index (χ0) is 13.7. The fourth-order valence-electron chi connectivity index (χ4n) is 2.41. The van der Waals surface area contributed by atoms with Crippen LogP contribution in [0.1, 0.15) is 36.2 Å². The average molecular weight is 258 g/mol. The normalized spacial score (nSPS) is 12.6. The van der Waals surface area contributed by atoms with Gasteiger partial charge in [0, 0.05) is 12.7 Å². The minimum Gasteiger partial charge on any atom is -0.271 e. The Morgan fingerprint density at radius 3 is 2.79 bits per heavy atom. The lowest BCUT2D eigenvalue weighted by Gasteiger charge is -2.17. The Balaban J connectivity index is 2.06. The third-order valence-corrected chi connectivity index (χ3v) is 3.57. The number of aryl methyl sites for hydroxylation is 3. The molecule has 102 valence electrons. The van der Waals surface area contributed by atoms with Crippen LogP contribution in [0.2, 0.25) is 0 Å². The Bertz CT molecular complexity index is 518. The molecule has 0 spiro atoms. The molecule has 1 atom stereocenters. The van der Waals surface area contributed by atoms with E-state index in [4.69, 9.17) is 5.84 Å². The molecule has 0 aliphatic carbocycles. The van der Waals surface area contributed by atoms with Gasteiger partial charge in [-0.05, 0) is 43.9 Å². The Hall–Kier alpha value is -1.65. The molecule has 0 aliphatic rings. The third kappa shape index (κ3) is 3.22. The van der Waals surface area contributed by atoms with E-state index in [1.165, 1.54) is 11.1 Å². The van der Waals surface area contributed by atoms with E-state index >= 15 is 0 Å². The summed E-state index contributed by atoms with van der Waals surface area (Å²) >= 11 is 0. The number of benzene rings is 1. The highest BCUT2D eigenvalue weighted by Crippen LogP contribution is 2.19. The number of hydrogen-bond donors (Lipinski definition) is 2. The number of hydrogen-bond acceptors (Lipinski definition) is 3. The van der Waals surface area contributed by atoms with Crippen LogP contribution in [0.3, 0.4) is 0 Å². The minimum atomic E-state index is 0.141. The van der Waals surface area contributed by atoms with Gasteiger partial charge < -0.3 is 0 Å². The van der Waals surface area contributed by atoms with Crippen LogP contribution >= 0.6 is 0 Å². The van der Waals surface area contributed by atoms with Gasteiger partial charge in [0.2, 0.25) is 0 Å². The van der Waals surface area contributed by atoms with Gasteiger partial charge in [0.15, 0.2) is 0 Å². The van der Waals surface area contributed by atoms with Crippen molar-refractivity contribution in [1.82, 2.24) is 15.2 Å². The third-order valence-electron chi connectivity index (χ3n) is 3.57. The summed E-state index contributed by atoms with van der Waals surface area (Å²) in [5.74, 6) is 5.70. The molecule has 0 saturated carbocycles. The van der Waals surface area contributed by atoms with Crippen LogP contribution in [0.25, 0.3) is 0 Å². The maximum atomic E-state index is 5.70. The highest BCUT2D eigenvalue weighted by atomic mass is 15.3. The van der Waals surface area contributed by atoms with Crippen molar-refractivity contribution in [2.75, 3.05) is 0 Å². The Kier molecular flexibility index (Phi) is 4.71. The van der Waals surface area contributed by atoms with Crippen molar-refractivity contribution in [2.24, 2.45) is 5.84 Å². The number of nitrogens with zero attached hydrogens (tertiary/aromatic N) is 2. The fourth-order valence-corrected chi connectivity index (χ4v) is 2.41. The fraction of sp³-hybridized carbons (Fsp3) is 0.400. The van der Waals surface area contributed by atoms with Gasteiger partial charge in [0.1, 0.15) is 0 Å². The van der Waals surface area contributed by atoms with Crippen LogP contribution in [0.4, 0.5) is 0 Å². The standard InChI is InChI=1S/C15H22N4/c1-3-19-15(10-11-17-19)14(18-16)9-8-13-7-5-4-6-12(13)2/h4-7,10-11,14,18H,3,8-9,16H2,1-2H3. The second-order valence-corrected chi connectivity index (χ2v) is 4.76. The summed E-state index contributed by atoms with van der Waals surface area (Å²) in [4.78, 5) is 0. The molecule has 0 bridgehead atoms. The summed E-state index contributed by atoms with van der Waals surface area (Å²) < 4.78 is 1.99. The van der Waals surface area contributed by atoms with Crippen LogP contribution in [-0.4, -0.2) is 9.78 Å². The average Bonchev–Trinajstić information content (AvgIpc) is 2.90. The number of nitrogens with two attached hydrogens (primary N) is 1. The van der Waals surface area contributed by atoms with Gasteiger partial charge in [-0.2, -0.15) is 5.10 Å². The van der Waals surface area contributed by atoms with Crippen LogP contribution < -0.4 is 11.3 Å². The predicted octanol–water partition coefficient (Wildman–Crippen LogP) is 2.35. The molecule has 0 radical (unpaired) electrons. The predicted molar refractivity (Wildman–Crippen MR) is 77.5 cm³/mol. The molecule has 0 saturated heterocycles. The number of hydrazine groups is 1. The van der Waals surface area contributed by atoms with E-state index in [1.54, 1.807) is 0 Å². The van der Waals surface area contributed by atoms with Crippen molar-refractivity contribution in [3.05, 3.63) is 53.3 Å². The van der Waals surface area contributed by atoms with Gasteiger partial charge in [-0.1, -0.05) is 24.3 Å². The molecule has 1 aromatic carbocycles. The molecular formula is C15H22N4. The second kappa shape index (κ2) is 6.50. The maximum Gasteiger partial charge on any atom is 0.0632 e. The van der Waals surface area contributed by atoms with E-state index in [0.717, 1.165) is 25.1 Å². The van der Waals surface area contributed by atoms with Crippen molar-refractivity contribution in [3.8, 4) is 0 Å². The minimum absolute atomic E-state index is 0.141. The Morgan fingerprint density at radius 1 is 1.32 bits per heavy atom. The van der Waals surface area contributed by atoms with E-state index in [0.29, 0.717) is 0 Å². The van der Waals surface area contributed by atoms with Crippen molar-refractivity contribution in [3.63, 3.8) is 0 Å². The van der Waals surface area contributed by atoms with E-state index in [1.807, 2.05) is 16.9 Å². The molecule has 1 unspecified atom stereocenters. The molecule has 0 aliphatic heterocycles. The van der Waals surface area contributed by atoms with Crippen LogP contribution in [0, 0.1) is 6.92 Å². The van der Waals surface area contributed by atoms with Gasteiger partial charge in [-0.25, -0.2) is 0 Å². The lowest BCUT2D eigenvalue weighted by atomic mass is 10.00. The molecule has 4 nitrogen and oxygen atoms in total. The van der Waals surface area contributed by atoms with Crippen LogP contribution in [0.15, 0.2) is 36.5 Å². The maximum absolute atomic E-state index is 5.70. The quantitative estimate of drug-likeness (QED) is 0.617. The topological polar surface area (TPSA) is 55.9 Å². The summed E-state index contributed by atoms with van der Waals surface area (Å²) in [6.07, 6.45) is 3.81. The monoisotopic (exact) mass is 258 g/mol. The Morgan fingerprint density at radius 2 is 2.11 bits per heavy atom. The summed E-state index contributed by atoms with van der Waals surface area (Å²) in [6.45, 7) is 5.10.